The molecule has 2 fully saturated rings. The van der Waals surface area contributed by atoms with E-state index >= 15 is 0 Å². The Kier molecular flexibility index (Phi) is 4.34. The molecule has 0 radical (unpaired) electrons. The molecule has 29 heavy (non-hydrogen) atoms. The molecular weight excluding hydrogens is 366 g/mol. The Morgan fingerprint density at radius 1 is 1.00 bits per heavy atom. The summed E-state index contributed by atoms with van der Waals surface area (Å²) in [5, 5.41) is 0.834. The summed E-state index contributed by atoms with van der Waals surface area (Å²) in [4.78, 5) is 34.1. The highest BCUT2D eigenvalue weighted by molar-refractivity contribution is 6.07. The summed E-state index contributed by atoms with van der Waals surface area (Å²) in [6.45, 7) is 4.22. The first-order valence-electron chi connectivity index (χ1n) is 10.1. The van der Waals surface area contributed by atoms with Gasteiger partial charge >= 0.3 is 0 Å². The van der Waals surface area contributed by atoms with Crippen LogP contribution in [0.15, 0.2) is 46.9 Å². The number of furan rings is 1. The van der Waals surface area contributed by atoms with Gasteiger partial charge < -0.3 is 14.2 Å². The number of amides is 2. The van der Waals surface area contributed by atoms with Gasteiger partial charge in [0.15, 0.2) is 5.76 Å². The number of hydrogen-bond donors (Lipinski definition) is 0. The van der Waals surface area contributed by atoms with Crippen LogP contribution >= 0.6 is 0 Å². The van der Waals surface area contributed by atoms with Gasteiger partial charge in [0.1, 0.15) is 11.5 Å². The molecule has 0 bridgehead atoms. The van der Waals surface area contributed by atoms with E-state index in [9.17, 15) is 9.59 Å². The second-order valence-electron chi connectivity index (χ2n) is 7.87. The zero-order chi connectivity index (χ0) is 20.0. The van der Waals surface area contributed by atoms with Gasteiger partial charge in [0, 0.05) is 37.5 Å². The van der Waals surface area contributed by atoms with Crippen molar-refractivity contribution in [3.05, 3.63) is 53.8 Å². The molecule has 148 valence electrons. The minimum atomic E-state index is -0.0216. The zero-order valence-electron chi connectivity index (χ0n) is 16.4. The van der Waals surface area contributed by atoms with Crippen molar-refractivity contribution in [1.29, 1.82) is 0 Å². The maximum absolute atomic E-state index is 13.4. The normalized spacial score (nSPS) is 17.0. The quantitative estimate of drug-likeness (QED) is 0.688. The Bertz CT molecular complexity index is 1090. The summed E-state index contributed by atoms with van der Waals surface area (Å²) in [5.74, 6) is 1.91. The smallest absolute Gasteiger partial charge is 0.254 e. The average Bonchev–Trinajstić information content (AvgIpc) is 3.52. The van der Waals surface area contributed by atoms with Crippen molar-refractivity contribution in [3.8, 4) is 11.5 Å². The van der Waals surface area contributed by atoms with Gasteiger partial charge in [0.05, 0.1) is 11.1 Å². The predicted molar refractivity (Wildman–Crippen MR) is 109 cm³/mol. The number of piperazine rings is 1. The summed E-state index contributed by atoms with van der Waals surface area (Å²) in [6, 6.07) is 13.3. The summed E-state index contributed by atoms with van der Waals surface area (Å²) in [5.41, 5.74) is 2.05. The van der Waals surface area contributed by atoms with Crippen molar-refractivity contribution in [3.63, 3.8) is 0 Å². The second-order valence-corrected chi connectivity index (χ2v) is 7.87. The Balaban J connectivity index is 1.44. The van der Waals surface area contributed by atoms with Gasteiger partial charge in [-0.3, -0.25) is 9.59 Å². The molecule has 5 rings (SSSR count). The Labute approximate surface area is 169 Å². The fourth-order valence-electron chi connectivity index (χ4n) is 3.94. The third kappa shape index (κ3) is 3.39. The van der Waals surface area contributed by atoms with E-state index in [2.05, 4.69) is 0 Å². The van der Waals surface area contributed by atoms with Crippen molar-refractivity contribution in [2.24, 2.45) is 5.92 Å². The number of fused-ring (bicyclic) bond motifs is 1. The molecule has 1 aromatic carbocycles. The van der Waals surface area contributed by atoms with E-state index < -0.39 is 0 Å². The molecule has 1 saturated heterocycles. The first-order valence-corrected chi connectivity index (χ1v) is 10.1. The van der Waals surface area contributed by atoms with Crippen molar-refractivity contribution in [1.82, 2.24) is 14.8 Å². The molecule has 1 aliphatic carbocycles. The van der Waals surface area contributed by atoms with E-state index in [-0.39, 0.29) is 17.7 Å². The summed E-state index contributed by atoms with van der Waals surface area (Å²) < 4.78 is 5.74. The molecule has 2 aliphatic rings. The molecule has 2 amide bonds. The number of aromatic nitrogens is 1. The van der Waals surface area contributed by atoms with Crippen LogP contribution in [0.1, 0.15) is 29.0 Å². The third-order valence-corrected chi connectivity index (χ3v) is 5.74. The zero-order valence-corrected chi connectivity index (χ0v) is 16.4. The van der Waals surface area contributed by atoms with E-state index in [4.69, 9.17) is 9.40 Å². The molecule has 0 unspecified atom stereocenters. The highest BCUT2D eigenvalue weighted by Crippen LogP contribution is 2.31. The lowest BCUT2D eigenvalue weighted by atomic mass is 10.0. The molecule has 0 atom stereocenters. The number of rotatable bonds is 3. The van der Waals surface area contributed by atoms with E-state index in [1.54, 1.807) is 0 Å². The SMILES string of the molecule is Cc1ccc(-c2cc(C(=O)N3CCN(C(=O)C4CC4)CC3)c3ccccc3n2)o1. The molecule has 1 aliphatic heterocycles. The maximum Gasteiger partial charge on any atom is 0.254 e. The van der Waals surface area contributed by atoms with Crippen LogP contribution in [0, 0.1) is 12.8 Å². The lowest BCUT2D eigenvalue weighted by Gasteiger charge is -2.35. The molecule has 3 heterocycles. The molecule has 1 saturated carbocycles. The number of benzene rings is 1. The standard InChI is InChI=1S/C23H23N3O3/c1-15-6-9-21(29-15)20-14-18(17-4-2-3-5-19(17)24-20)23(28)26-12-10-25(11-13-26)22(27)16-7-8-16/h2-6,9,14,16H,7-8,10-13H2,1H3. The molecular formula is C23H23N3O3. The van der Waals surface area contributed by atoms with Crippen LogP contribution in [0.5, 0.6) is 0 Å². The monoisotopic (exact) mass is 389 g/mol. The Morgan fingerprint density at radius 3 is 2.41 bits per heavy atom. The van der Waals surface area contributed by atoms with Crippen molar-refractivity contribution >= 4 is 22.7 Å². The number of pyridine rings is 1. The van der Waals surface area contributed by atoms with Crippen LogP contribution in [0.25, 0.3) is 22.4 Å². The first-order chi connectivity index (χ1) is 14.1. The van der Waals surface area contributed by atoms with Crippen molar-refractivity contribution in [2.75, 3.05) is 26.2 Å². The van der Waals surface area contributed by atoms with Crippen LogP contribution in [0.4, 0.5) is 0 Å². The minimum absolute atomic E-state index is 0.0216. The Morgan fingerprint density at radius 2 is 1.72 bits per heavy atom. The number of carbonyl (C=O) groups is 2. The Hall–Kier alpha value is -3.15. The van der Waals surface area contributed by atoms with Crippen LogP contribution in [-0.2, 0) is 4.79 Å². The first kappa shape index (κ1) is 17.9. The number of aryl methyl sites for hydroxylation is 1. The number of nitrogens with zero attached hydrogens (tertiary/aromatic N) is 3. The molecule has 2 aromatic heterocycles. The number of para-hydroxylation sites is 1. The van der Waals surface area contributed by atoms with E-state index in [0.29, 0.717) is 43.2 Å². The molecule has 0 N–H and O–H groups in total. The highest BCUT2D eigenvalue weighted by atomic mass is 16.3. The predicted octanol–water partition coefficient (Wildman–Crippen LogP) is 3.50. The second kappa shape index (κ2) is 7.03. The molecule has 6 heteroatoms. The molecule has 3 aromatic rings. The number of carbonyl (C=O) groups excluding carboxylic acids is 2. The van der Waals surface area contributed by atoms with Crippen LogP contribution < -0.4 is 0 Å². The number of hydrogen-bond acceptors (Lipinski definition) is 4. The van der Waals surface area contributed by atoms with Gasteiger partial charge in [0.2, 0.25) is 5.91 Å². The van der Waals surface area contributed by atoms with E-state index in [1.165, 1.54) is 0 Å². The average molecular weight is 389 g/mol. The fraction of sp³-hybridized carbons (Fsp3) is 0.348. The van der Waals surface area contributed by atoms with Crippen molar-refractivity contribution in [2.45, 2.75) is 19.8 Å². The summed E-state index contributed by atoms with van der Waals surface area (Å²) in [7, 11) is 0. The van der Waals surface area contributed by atoms with E-state index in [1.807, 2.05) is 59.2 Å². The highest BCUT2D eigenvalue weighted by Gasteiger charge is 2.35. The molecule has 0 spiro atoms. The van der Waals surface area contributed by atoms with Gasteiger partial charge in [-0.1, -0.05) is 18.2 Å². The van der Waals surface area contributed by atoms with Crippen LogP contribution in [0.3, 0.4) is 0 Å². The van der Waals surface area contributed by atoms with Gasteiger partial charge in [-0.2, -0.15) is 0 Å². The van der Waals surface area contributed by atoms with Crippen molar-refractivity contribution < 1.29 is 14.0 Å². The van der Waals surface area contributed by atoms with Gasteiger partial charge in [-0.05, 0) is 44.0 Å². The lowest BCUT2D eigenvalue weighted by Crippen LogP contribution is -2.51. The third-order valence-electron chi connectivity index (χ3n) is 5.74. The van der Waals surface area contributed by atoms with Crippen LogP contribution in [0.2, 0.25) is 0 Å². The van der Waals surface area contributed by atoms with Gasteiger partial charge in [-0.15, -0.1) is 0 Å². The van der Waals surface area contributed by atoms with E-state index in [0.717, 1.165) is 29.5 Å². The van der Waals surface area contributed by atoms with Gasteiger partial charge in [0.25, 0.3) is 5.91 Å². The maximum atomic E-state index is 13.4. The summed E-state index contributed by atoms with van der Waals surface area (Å²) >= 11 is 0. The topological polar surface area (TPSA) is 66.7 Å². The molecule has 6 nitrogen and oxygen atoms in total. The van der Waals surface area contributed by atoms with Crippen LogP contribution in [-0.4, -0.2) is 52.8 Å². The largest absolute Gasteiger partial charge is 0.460 e. The summed E-state index contributed by atoms with van der Waals surface area (Å²) in [6.07, 6.45) is 2.02. The minimum Gasteiger partial charge on any atom is -0.460 e. The fourth-order valence-corrected chi connectivity index (χ4v) is 3.94. The lowest BCUT2D eigenvalue weighted by molar-refractivity contribution is -0.134. The van der Waals surface area contributed by atoms with Gasteiger partial charge in [-0.25, -0.2) is 4.98 Å².